The van der Waals surface area contributed by atoms with Crippen LogP contribution in [0.25, 0.3) is 0 Å². The molecule has 0 saturated heterocycles. The molecule has 1 aliphatic rings. The smallest absolute Gasteiger partial charge is 0.407 e. The molecule has 2 atom stereocenters. The maximum absolute atomic E-state index is 12.5. The van der Waals surface area contributed by atoms with Crippen LogP contribution >= 0.6 is 15.9 Å². The van der Waals surface area contributed by atoms with Gasteiger partial charge in [-0.3, -0.25) is 4.98 Å². The van der Waals surface area contributed by atoms with Gasteiger partial charge in [0.15, 0.2) is 0 Å². The van der Waals surface area contributed by atoms with Crippen LogP contribution in [0, 0.1) is 0 Å². The Morgan fingerprint density at radius 2 is 1.96 bits per heavy atom. The molecule has 0 radical (unpaired) electrons. The lowest BCUT2D eigenvalue weighted by atomic mass is 9.92. The number of alkyl carbamates (subject to hydrolysis) is 1. The minimum absolute atomic E-state index is 0.114. The van der Waals surface area contributed by atoms with Crippen molar-refractivity contribution in [2.45, 2.75) is 69.0 Å². The molecule has 1 amide bonds. The molecular formula is C16H24BrN3O4S. The largest absolute Gasteiger partial charge is 0.444 e. The van der Waals surface area contributed by atoms with E-state index in [9.17, 15) is 13.2 Å². The molecule has 25 heavy (non-hydrogen) atoms. The number of carbonyl (C=O) groups is 1. The minimum atomic E-state index is -3.65. The number of hydrogen-bond donors (Lipinski definition) is 2. The molecule has 1 saturated carbocycles. The fourth-order valence-corrected chi connectivity index (χ4v) is 4.52. The number of carbonyl (C=O) groups excluding carboxylic acids is 1. The summed E-state index contributed by atoms with van der Waals surface area (Å²) in [6.45, 7) is 5.41. The highest BCUT2D eigenvalue weighted by Crippen LogP contribution is 2.22. The molecule has 0 unspecified atom stereocenters. The van der Waals surface area contributed by atoms with Crippen molar-refractivity contribution >= 4 is 32.0 Å². The number of sulfonamides is 1. The zero-order valence-corrected chi connectivity index (χ0v) is 17.0. The second-order valence-corrected chi connectivity index (χ2v) is 9.80. The van der Waals surface area contributed by atoms with Crippen LogP contribution in [0.5, 0.6) is 0 Å². The molecule has 9 heteroatoms. The summed E-state index contributed by atoms with van der Waals surface area (Å²) in [4.78, 5) is 15.9. The van der Waals surface area contributed by atoms with Crippen LogP contribution in [-0.2, 0) is 14.8 Å². The Labute approximate surface area is 157 Å². The zero-order valence-electron chi connectivity index (χ0n) is 14.6. The molecule has 1 fully saturated rings. The van der Waals surface area contributed by atoms with Gasteiger partial charge < -0.3 is 10.1 Å². The summed E-state index contributed by atoms with van der Waals surface area (Å²) in [6, 6.07) is 1.16. The molecule has 0 aromatic carbocycles. The lowest BCUT2D eigenvalue weighted by Gasteiger charge is -2.31. The van der Waals surface area contributed by atoms with Gasteiger partial charge in [0.25, 0.3) is 0 Å². The average molecular weight is 434 g/mol. The average Bonchev–Trinajstić information content (AvgIpc) is 2.45. The van der Waals surface area contributed by atoms with Crippen LogP contribution < -0.4 is 10.0 Å². The third kappa shape index (κ3) is 6.56. The molecule has 1 heterocycles. The fourth-order valence-electron chi connectivity index (χ4n) is 2.73. The molecule has 1 aliphatic carbocycles. The highest BCUT2D eigenvalue weighted by molar-refractivity contribution is 9.10. The van der Waals surface area contributed by atoms with Crippen molar-refractivity contribution in [1.82, 2.24) is 15.0 Å². The van der Waals surface area contributed by atoms with E-state index in [4.69, 9.17) is 4.74 Å². The number of rotatable bonds is 4. The number of ether oxygens (including phenoxy) is 1. The summed E-state index contributed by atoms with van der Waals surface area (Å²) in [6.07, 6.45) is 5.25. The molecular weight excluding hydrogens is 410 g/mol. The van der Waals surface area contributed by atoms with Crippen molar-refractivity contribution in [2.24, 2.45) is 0 Å². The predicted molar refractivity (Wildman–Crippen MR) is 97.7 cm³/mol. The summed E-state index contributed by atoms with van der Waals surface area (Å²) in [5, 5.41) is 2.82. The van der Waals surface area contributed by atoms with Crippen LogP contribution in [0.3, 0.4) is 0 Å². The van der Waals surface area contributed by atoms with E-state index >= 15 is 0 Å². The van der Waals surface area contributed by atoms with Gasteiger partial charge in [0.05, 0.1) is 0 Å². The van der Waals surface area contributed by atoms with Crippen molar-refractivity contribution in [1.29, 1.82) is 0 Å². The number of pyridine rings is 1. The summed E-state index contributed by atoms with van der Waals surface area (Å²) < 4.78 is 33.5. The summed E-state index contributed by atoms with van der Waals surface area (Å²) in [7, 11) is -3.65. The molecule has 2 N–H and O–H groups in total. The summed E-state index contributed by atoms with van der Waals surface area (Å²) in [5.74, 6) is 0. The van der Waals surface area contributed by atoms with E-state index in [1.54, 1.807) is 20.8 Å². The first-order chi connectivity index (χ1) is 11.5. The van der Waals surface area contributed by atoms with E-state index < -0.39 is 21.7 Å². The number of nitrogens with zero attached hydrogens (tertiary/aromatic N) is 1. The minimum Gasteiger partial charge on any atom is -0.444 e. The van der Waals surface area contributed by atoms with Gasteiger partial charge in [0.1, 0.15) is 10.5 Å². The van der Waals surface area contributed by atoms with Crippen LogP contribution in [0.15, 0.2) is 27.8 Å². The first kappa shape index (κ1) is 20.1. The van der Waals surface area contributed by atoms with Gasteiger partial charge in [-0.05, 0) is 68.5 Å². The van der Waals surface area contributed by atoms with Gasteiger partial charge in [-0.2, -0.15) is 0 Å². The molecule has 7 nitrogen and oxygen atoms in total. The van der Waals surface area contributed by atoms with Gasteiger partial charge in [-0.1, -0.05) is 0 Å². The third-order valence-electron chi connectivity index (χ3n) is 3.71. The standard InChI is InChI=1S/C16H24BrN3O4S/c1-16(2,3)24-15(21)19-12-5-4-6-13(8-12)20-25(22,23)14-7-11(17)9-18-10-14/h7,9-10,12-13,20H,4-6,8H2,1-3H3,(H,19,21)/t12-,13-/m0/s1. The quantitative estimate of drug-likeness (QED) is 0.760. The second kappa shape index (κ2) is 8.01. The van der Waals surface area contributed by atoms with Gasteiger partial charge in [-0.15, -0.1) is 0 Å². The van der Waals surface area contributed by atoms with E-state index in [0.29, 0.717) is 10.9 Å². The Bertz CT molecular complexity index is 718. The normalized spacial score (nSPS) is 21.6. The Kier molecular flexibility index (Phi) is 6.45. The zero-order chi connectivity index (χ0) is 18.7. The van der Waals surface area contributed by atoms with Crippen LogP contribution in [0.1, 0.15) is 46.5 Å². The number of hydrogen-bond acceptors (Lipinski definition) is 5. The van der Waals surface area contributed by atoms with E-state index in [1.165, 1.54) is 18.5 Å². The molecule has 0 bridgehead atoms. The number of nitrogens with one attached hydrogen (secondary N) is 2. The van der Waals surface area contributed by atoms with Crippen LogP contribution in [0.2, 0.25) is 0 Å². The van der Waals surface area contributed by atoms with E-state index in [1.807, 2.05) is 0 Å². The Balaban J connectivity index is 1.96. The number of halogens is 1. The second-order valence-electron chi connectivity index (χ2n) is 7.17. The molecule has 0 spiro atoms. The lowest BCUT2D eigenvalue weighted by molar-refractivity contribution is 0.0490. The van der Waals surface area contributed by atoms with Crippen molar-refractivity contribution in [3.8, 4) is 0 Å². The molecule has 2 rings (SSSR count). The van der Waals surface area contributed by atoms with Crippen LogP contribution in [-0.4, -0.2) is 37.2 Å². The topological polar surface area (TPSA) is 97.4 Å². The van der Waals surface area contributed by atoms with Crippen molar-refractivity contribution in [2.75, 3.05) is 0 Å². The maximum Gasteiger partial charge on any atom is 0.407 e. The van der Waals surface area contributed by atoms with Crippen molar-refractivity contribution < 1.29 is 17.9 Å². The highest BCUT2D eigenvalue weighted by Gasteiger charge is 2.28. The van der Waals surface area contributed by atoms with Gasteiger partial charge in [0, 0.05) is 29.0 Å². The van der Waals surface area contributed by atoms with E-state index in [2.05, 4.69) is 31.0 Å². The Morgan fingerprint density at radius 1 is 1.28 bits per heavy atom. The monoisotopic (exact) mass is 433 g/mol. The molecule has 140 valence electrons. The van der Waals surface area contributed by atoms with Gasteiger partial charge in [-0.25, -0.2) is 17.9 Å². The predicted octanol–water partition coefficient (Wildman–Crippen LogP) is 2.96. The maximum atomic E-state index is 12.5. The highest BCUT2D eigenvalue weighted by atomic mass is 79.9. The SMILES string of the molecule is CC(C)(C)OC(=O)N[C@H]1CCC[C@H](NS(=O)(=O)c2cncc(Br)c2)C1. The molecule has 0 aliphatic heterocycles. The first-order valence-electron chi connectivity index (χ1n) is 8.17. The van der Waals surface area contributed by atoms with Crippen LogP contribution in [0.4, 0.5) is 4.79 Å². The number of amides is 1. The van der Waals surface area contributed by atoms with E-state index in [0.717, 1.165) is 19.3 Å². The van der Waals surface area contributed by atoms with E-state index in [-0.39, 0.29) is 17.0 Å². The van der Waals surface area contributed by atoms with Crippen molar-refractivity contribution in [3.05, 3.63) is 22.9 Å². The Hall–Kier alpha value is -1.19. The lowest BCUT2D eigenvalue weighted by Crippen LogP contribution is -2.46. The van der Waals surface area contributed by atoms with Gasteiger partial charge in [0.2, 0.25) is 10.0 Å². The molecule has 1 aromatic heterocycles. The Morgan fingerprint density at radius 3 is 2.60 bits per heavy atom. The first-order valence-corrected chi connectivity index (χ1v) is 10.5. The fraction of sp³-hybridized carbons (Fsp3) is 0.625. The van der Waals surface area contributed by atoms with Gasteiger partial charge >= 0.3 is 6.09 Å². The summed E-state index contributed by atoms with van der Waals surface area (Å²) in [5.41, 5.74) is -0.562. The summed E-state index contributed by atoms with van der Waals surface area (Å²) >= 11 is 3.22. The third-order valence-corrected chi connectivity index (χ3v) is 5.63. The molecule has 1 aromatic rings. The van der Waals surface area contributed by atoms with Crippen molar-refractivity contribution in [3.63, 3.8) is 0 Å². The number of aromatic nitrogens is 1.